The summed E-state index contributed by atoms with van der Waals surface area (Å²) in [5, 5.41) is 10.3. The first-order valence-corrected chi connectivity index (χ1v) is 15.1. The van der Waals surface area contributed by atoms with Crippen molar-refractivity contribution in [2.24, 2.45) is 0 Å². The van der Waals surface area contributed by atoms with E-state index >= 15 is 0 Å². The van der Waals surface area contributed by atoms with E-state index in [2.05, 4.69) is 34.6 Å². The molecule has 3 heteroatoms. The summed E-state index contributed by atoms with van der Waals surface area (Å²) in [6.45, 7) is 16.5. The molecule has 0 amide bonds. The van der Waals surface area contributed by atoms with Gasteiger partial charge in [-0.1, -0.05) is 122 Å². The Hall–Kier alpha value is -0.570. The van der Waals surface area contributed by atoms with Gasteiger partial charge in [-0.3, -0.25) is 0 Å². The lowest BCUT2D eigenvalue weighted by atomic mass is 10.0. The van der Waals surface area contributed by atoms with E-state index < -0.39 is 5.97 Å². The zero-order chi connectivity index (χ0) is 25.0. The minimum absolute atomic E-state index is 0.235. The van der Waals surface area contributed by atoms with Crippen LogP contribution in [0, 0.1) is 0 Å². The second kappa shape index (κ2) is 27.7. The molecule has 0 aromatic rings. The molecule has 0 spiro atoms. The highest BCUT2D eigenvalue weighted by atomic mass is 16.4. The van der Waals surface area contributed by atoms with Crippen molar-refractivity contribution < 1.29 is 14.4 Å². The van der Waals surface area contributed by atoms with Gasteiger partial charge in [0.2, 0.25) is 0 Å². The number of carboxylic acids is 1. The Morgan fingerprint density at radius 2 is 0.697 bits per heavy atom. The van der Waals surface area contributed by atoms with Gasteiger partial charge in [-0.05, 0) is 40.5 Å². The molecule has 3 nitrogen and oxygen atoms in total. The van der Waals surface area contributed by atoms with Crippen molar-refractivity contribution in [3.05, 3.63) is 0 Å². The average molecular weight is 470 g/mol. The van der Waals surface area contributed by atoms with Crippen LogP contribution in [0.15, 0.2) is 0 Å². The Morgan fingerprint density at radius 1 is 0.455 bits per heavy atom. The van der Waals surface area contributed by atoms with Crippen LogP contribution in [0.4, 0.5) is 0 Å². The maximum atomic E-state index is 10.3. The largest absolute Gasteiger partial charge is 0.550 e. The molecule has 200 valence electrons. The van der Waals surface area contributed by atoms with Crippen LogP contribution in [0.3, 0.4) is 0 Å². The van der Waals surface area contributed by atoms with Crippen LogP contribution in [-0.2, 0) is 4.79 Å². The van der Waals surface area contributed by atoms with E-state index in [-0.39, 0.29) is 6.42 Å². The third-order valence-electron chi connectivity index (χ3n) is 7.67. The molecule has 0 heterocycles. The third-order valence-corrected chi connectivity index (χ3v) is 7.67. The van der Waals surface area contributed by atoms with Gasteiger partial charge < -0.3 is 14.4 Å². The summed E-state index contributed by atoms with van der Waals surface area (Å²) in [4.78, 5) is 10.3. The number of carboxylic acid groups (broad SMARTS) is 1. The Labute approximate surface area is 209 Å². The van der Waals surface area contributed by atoms with E-state index in [9.17, 15) is 9.90 Å². The predicted octanol–water partition coefficient (Wildman–Crippen LogP) is 8.44. The molecule has 0 aliphatic heterocycles. The predicted molar refractivity (Wildman–Crippen MR) is 145 cm³/mol. The van der Waals surface area contributed by atoms with Crippen molar-refractivity contribution in [3.63, 3.8) is 0 Å². The van der Waals surface area contributed by atoms with E-state index in [0.717, 1.165) is 12.8 Å². The first-order chi connectivity index (χ1) is 16.0. The van der Waals surface area contributed by atoms with Crippen LogP contribution in [-0.4, -0.2) is 36.6 Å². The van der Waals surface area contributed by atoms with Crippen LogP contribution in [0.1, 0.15) is 163 Å². The van der Waals surface area contributed by atoms with Crippen LogP contribution < -0.4 is 5.11 Å². The van der Waals surface area contributed by atoms with Crippen molar-refractivity contribution in [2.45, 2.75) is 163 Å². The first-order valence-electron chi connectivity index (χ1n) is 15.1. The summed E-state index contributed by atoms with van der Waals surface area (Å²) in [7, 11) is 0. The fourth-order valence-electron chi connectivity index (χ4n) is 4.69. The number of rotatable bonds is 24. The molecule has 33 heavy (non-hydrogen) atoms. The lowest BCUT2D eigenvalue weighted by Crippen LogP contribution is -2.47. The third kappa shape index (κ3) is 25.9. The Bertz CT molecular complexity index is 362. The van der Waals surface area contributed by atoms with Crippen LogP contribution in [0.2, 0.25) is 0 Å². The van der Waals surface area contributed by atoms with Gasteiger partial charge in [0.1, 0.15) is 0 Å². The number of hydrogen-bond donors (Lipinski definition) is 0. The number of hydrogen-bond acceptors (Lipinski definition) is 2. The smallest absolute Gasteiger partial charge is 0.0757 e. The number of aliphatic carboxylic acids is 1. The molecule has 0 atom stereocenters. The maximum absolute atomic E-state index is 10.3. The van der Waals surface area contributed by atoms with Gasteiger partial charge in [-0.2, -0.15) is 0 Å². The number of carbonyl (C=O) groups excluding carboxylic acids is 1. The molecule has 0 aromatic carbocycles. The molecule has 0 saturated heterocycles. The second-order valence-corrected chi connectivity index (χ2v) is 10.1. The zero-order valence-corrected chi connectivity index (χ0v) is 23.7. The van der Waals surface area contributed by atoms with Gasteiger partial charge >= 0.3 is 0 Å². The van der Waals surface area contributed by atoms with Gasteiger partial charge in [0, 0.05) is 5.97 Å². The Balaban J connectivity index is 0. The Morgan fingerprint density at radius 3 is 0.879 bits per heavy atom. The second-order valence-electron chi connectivity index (χ2n) is 10.1. The minimum atomic E-state index is -0.901. The van der Waals surface area contributed by atoms with Crippen LogP contribution in [0.5, 0.6) is 0 Å². The van der Waals surface area contributed by atoms with Crippen LogP contribution >= 0.6 is 0 Å². The van der Waals surface area contributed by atoms with Crippen molar-refractivity contribution in [1.29, 1.82) is 0 Å². The van der Waals surface area contributed by atoms with Gasteiger partial charge in [-0.25, -0.2) is 0 Å². The number of quaternary nitrogens is 1. The fourth-order valence-corrected chi connectivity index (χ4v) is 4.69. The summed E-state index contributed by atoms with van der Waals surface area (Å²) in [6.07, 6.45) is 25.7. The van der Waals surface area contributed by atoms with Gasteiger partial charge in [0.05, 0.1) is 26.2 Å². The quantitative estimate of drug-likeness (QED) is 0.105. The molecule has 0 aliphatic rings. The lowest BCUT2D eigenvalue weighted by Gasteiger charge is -2.34. The molecule has 0 radical (unpaired) electrons. The molecule has 0 bridgehead atoms. The van der Waals surface area contributed by atoms with E-state index in [4.69, 9.17) is 0 Å². The Kier molecular flexibility index (Phi) is 29.0. The zero-order valence-electron chi connectivity index (χ0n) is 23.7. The van der Waals surface area contributed by atoms with Crippen LogP contribution in [0.25, 0.3) is 0 Å². The van der Waals surface area contributed by atoms with Crippen molar-refractivity contribution >= 4 is 5.97 Å². The molecule has 0 fully saturated rings. The molecule has 0 rings (SSSR count). The standard InChI is InChI=1S/C22H44O2.C8H20N/c1-2-3-4-5-6-7-8-9-10-11-12-13-14-15-16-17-18-19-20-21-22(23)24;1-5-9(6-2,7-3)8-4/h2-21H2,1H3,(H,23,24);5-8H2,1-4H3/q;+1/p-1. The summed E-state index contributed by atoms with van der Waals surface area (Å²) < 4.78 is 1.28. The maximum Gasteiger partial charge on any atom is 0.0757 e. The highest BCUT2D eigenvalue weighted by Crippen LogP contribution is 2.14. The van der Waals surface area contributed by atoms with E-state index in [1.54, 1.807) is 0 Å². The van der Waals surface area contributed by atoms with Crippen molar-refractivity contribution in [3.8, 4) is 0 Å². The molecule has 0 unspecified atom stereocenters. The van der Waals surface area contributed by atoms with E-state index in [1.165, 1.54) is 140 Å². The fraction of sp³-hybridized carbons (Fsp3) is 0.967. The molecular weight excluding hydrogens is 406 g/mol. The molecular formula is C30H63NO2. The number of carbonyl (C=O) groups is 1. The molecule has 0 aliphatic carbocycles. The topological polar surface area (TPSA) is 40.1 Å². The monoisotopic (exact) mass is 469 g/mol. The summed E-state index contributed by atoms with van der Waals surface area (Å²) in [5.41, 5.74) is 0. The van der Waals surface area contributed by atoms with Gasteiger partial charge in [0.25, 0.3) is 0 Å². The SMILES string of the molecule is CCCCCCCCCCCCCCCCCCCCCC(=O)[O-].CC[N+](CC)(CC)CC. The first kappa shape index (κ1) is 34.6. The number of nitrogens with zero attached hydrogens (tertiary/aromatic N) is 1. The van der Waals surface area contributed by atoms with Crippen molar-refractivity contribution in [1.82, 2.24) is 0 Å². The highest BCUT2D eigenvalue weighted by Gasteiger charge is 2.16. The molecule has 0 N–H and O–H groups in total. The summed E-state index contributed by atoms with van der Waals surface area (Å²) >= 11 is 0. The highest BCUT2D eigenvalue weighted by molar-refractivity contribution is 5.63. The normalized spacial score (nSPS) is 11.3. The minimum Gasteiger partial charge on any atom is -0.550 e. The van der Waals surface area contributed by atoms with Crippen molar-refractivity contribution in [2.75, 3.05) is 26.2 Å². The van der Waals surface area contributed by atoms with Gasteiger partial charge in [0.15, 0.2) is 0 Å². The molecule has 0 saturated carbocycles. The van der Waals surface area contributed by atoms with E-state index in [0.29, 0.717) is 0 Å². The van der Waals surface area contributed by atoms with E-state index in [1.807, 2.05) is 0 Å². The van der Waals surface area contributed by atoms with Gasteiger partial charge in [-0.15, -0.1) is 0 Å². The summed E-state index contributed by atoms with van der Waals surface area (Å²) in [5.74, 6) is -0.901. The lowest BCUT2D eigenvalue weighted by molar-refractivity contribution is -0.921. The average Bonchev–Trinajstić information content (AvgIpc) is 2.82. The molecule has 0 aromatic heterocycles. The summed E-state index contributed by atoms with van der Waals surface area (Å²) in [6, 6.07) is 0. The number of unbranched alkanes of at least 4 members (excludes halogenated alkanes) is 18.